The number of fused-ring (bicyclic) bond motifs is 1. The molecule has 0 aromatic heterocycles. The van der Waals surface area contributed by atoms with E-state index >= 15 is 0 Å². The summed E-state index contributed by atoms with van der Waals surface area (Å²) in [7, 11) is 0. The number of amides is 1. The van der Waals surface area contributed by atoms with Gasteiger partial charge in [0, 0.05) is 18.8 Å². The van der Waals surface area contributed by atoms with Crippen LogP contribution in [0.3, 0.4) is 0 Å². The largest absolute Gasteiger partial charge is 0.307 e. The molecular formula is C24H29NO2. The first kappa shape index (κ1) is 20.6. The van der Waals surface area contributed by atoms with E-state index in [0.29, 0.717) is 6.54 Å². The lowest BCUT2D eigenvalue weighted by molar-refractivity contribution is -0.132. The average molecular weight is 364 g/mol. The van der Waals surface area contributed by atoms with Crippen molar-refractivity contribution >= 4 is 17.8 Å². The Kier molecular flexibility index (Phi) is 7.54. The van der Waals surface area contributed by atoms with Crippen molar-refractivity contribution in [1.29, 1.82) is 0 Å². The third-order valence-electron chi connectivity index (χ3n) is 4.61. The fourth-order valence-corrected chi connectivity index (χ4v) is 3.06. The lowest BCUT2D eigenvalue weighted by Gasteiger charge is -2.28. The summed E-state index contributed by atoms with van der Waals surface area (Å²) in [6.45, 7) is 8.16. The molecule has 27 heavy (non-hydrogen) atoms. The van der Waals surface area contributed by atoms with Gasteiger partial charge in [-0.25, -0.2) is 0 Å². The van der Waals surface area contributed by atoms with Crippen LogP contribution in [0.1, 0.15) is 51.7 Å². The molecule has 142 valence electrons. The van der Waals surface area contributed by atoms with Crippen LogP contribution in [-0.2, 0) is 16.1 Å². The SMILES string of the molecule is C\C=C/C1=C(\C=C/C)N(C(=O)CCC(=O)C(C)C)Cc2ccccc2/C=C\1. The summed E-state index contributed by atoms with van der Waals surface area (Å²) < 4.78 is 0. The molecule has 3 heteroatoms. The Balaban J connectivity index is 2.46. The molecule has 0 fully saturated rings. The zero-order valence-corrected chi connectivity index (χ0v) is 16.7. The van der Waals surface area contributed by atoms with Crippen LogP contribution in [-0.4, -0.2) is 16.6 Å². The van der Waals surface area contributed by atoms with Gasteiger partial charge in [0.05, 0.1) is 12.2 Å². The molecule has 0 N–H and O–H groups in total. The molecule has 1 aromatic rings. The first-order chi connectivity index (χ1) is 13.0. The molecule has 1 amide bonds. The normalized spacial score (nSPS) is 18.6. The third-order valence-corrected chi connectivity index (χ3v) is 4.61. The van der Waals surface area contributed by atoms with Gasteiger partial charge < -0.3 is 4.90 Å². The maximum Gasteiger partial charge on any atom is 0.227 e. The van der Waals surface area contributed by atoms with Crippen LogP contribution in [0.4, 0.5) is 0 Å². The van der Waals surface area contributed by atoms with E-state index in [1.165, 1.54) is 0 Å². The summed E-state index contributed by atoms with van der Waals surface area (Å²) in [5.41, 5.74) is 4.05. The lowest BCUT2D eigenvalue weighted by atomic mass is 9.99. The molecule has 0 saturated heterocycles. The van der Waals surface area contributed by atoms with Crippen LogP contribution >= 0.6 is 0 Å². The highest BCUT2D eigenvalue weighted by Gasteiger charge is 2.22. The Bertz CT molecular complexity index is 809. The highest BCUT2D eigenvalue weighted by Crippen LogP contribution is 2.26. The second-order valence-electron chi connectivity index (χ2n) is 6.97. The van der Waals surface area contributed by atoms with Crippen LogP contribution in [0.2, 0.25) is 0 Å². The van der Waals surface area contributed by atoms with Crippen LogP contribution in [0.25, 0.3) is 6.08 Å². The minimum Gasteiger partial charge on any atom is -0.307 e. The minimum absolute atomic E-state index is 0.0239. The zero-order chi connectivity index (χ0) is 19.8. The molecule has 0 atom stereocenters. The van der Waals surface area contributed by atoms with E-state index in [1.54, 1.807) is 0 Å². The molecule has 1 aliphatic rings. The maximum absolute atomic E-state index is 13.1. The number of carbonyl (C=O) groups is 2. The second kappa shape index (κ2) is 9.86. The number of rotatable bonds is 6. The van der Waals surface area contributed by atoms with Crippen LogP contribution in [0.15, 0.2) is 65.9 Å². The molecule has 0 aliphatic carbocycles. The lowest BCUT2D eigenvalue weighted by Crippen LogP contribution is -2.31. The van der Waals surface area contributed by atoms with E-state index in [-0.39, 0.29) is 30.4 Å². The minimum atomic E-state index is -0.0436. The second-order valence-corrected chi connectivity index (χ2v) is 6.97. The summed E-state index contributed by atoms with van der Waals surface area (Å²) >= 11 is 0. The number of hydrogen-bond acceptors (Lipinski definition) is 2. The van der Waals surface area contributed by atoms with Gasteiger partial charge in [-0.3, -0.25) is 9.59 Å². The number of allylic oxidation sites excluding steroid dienone is 6. The van der Waals surface area contributed by atoms with E-state index in [9.17, 15) is 9.59 Å². The number of ketones is 1. The maximum atomic E-state index is 13.1. The molecule has 0 saturated carbocycles. The smallest absolute Gasteiger partial charge is 0.227 e. The summed E-state index contributed by atoms with van der Waals surface area (Å²) in [6, 6.07) is 8.10. The van der Waals surface area contributed by atoms with E-state index in [1.807, 2.05) is 81.2 Å². The van der Waals surface area contributed by atoms with Crippen LogP contribution in [0.5, 0.6) is 0 Å². The third kappa shape index (κ3) is 5.40. The van der Waals surface area contributed by atoms with Crippen molar-refractivity contribution in [2.45, 2.75) is 47.1 Å². The molecular weight excluding hydrogens is 334 g/mol. The molecule has 1 heterocycles. The van der Waals surface area contributed by atoms with Gasteiger partial charge in [0.1, 0.15) is 5.78 Å². The van der Waals surface area contributed by atoms with E-state index in [2.05, 4.69) is 12.1 Å². The number of Topliss-reactive ketones (excluding diaryl/α,β-unsaturated/α-hetero) is 1. The van der Waals surface area contributed by atoms with E-state index in [0.717, 1.165) is 22.4 Å². The quantitative estimate of drug-likeness (QED) is 0.673. The number of carbonyl (C=O) groups excluding carboxylic acids is 2. The molecule has 0 bridgehead atoms. The van der Waals surface area contributed by atoms with Crippen molar-refractivity contribution < 1.29 is 9.59 Å². The first-order valence-electron chi connectivity index (χ1n) is 9.56. The molecule has 0 unspecified atom stereocenters. The fraction of sp³-hybridized carbons (Fsp3) is 0.333. The van der Waals surface area contributed by atoms with Gasteiger partial charge in [-0.2, -0.15) is 0 Å². The summed E-state index contributed by atoms with van der Waals surface area (Å²) in [5.74, 6) is 0.0584. The van der Waals surface area contributed by atoms with Crippen molar-refractivity contribution in [2.75, 3.05) is 0 Å². The highest BCUT2D eigenvalue weighted by molar-refractivity contribution is 5.87. The summed E-state index contributed by atoms with van der Waals surface area (Å²) in [4.78, 5) is 26.9. The predicted molar refractivity (Wildman–Crippen MR) is 112 cm³/mol. The standard InChI is InChI=1S/C24H29NO2/c1-5-9-20-14-13-19-11-7-8-12-21(19)17-25(22(20)10-6-2)24(27)16-15-23(26)18(3)4/h5-14,18H,15-17H2,1-4H3/b9-5-,10-6-,14-13-,22-20-. The van der Waals surface area contributed by atoms with Gasteiger partial charge in [-0.15, -0.1) is 0 Å². The van der Waals surface area contributed by atoms with Gasteiger partial charge >= 0.3 is 0 Å². The number of nitrogens with zero attached hydrogens (tertiary/aromatic N) is 1. The summed E-state index contributed by atoms with van der Waals surface area (Å²) in [6.07, 6.45) is 12.6. The zero-order valence-electron chi connectivity index (χ0n) is 16.7. The topological polar surface area (TPSA) is 37.4 Å². The van der Waals surface area contributed by atoms with Crippen molar-refractivity contribution in [1.82, 2.24) is 4.90 Å². The van der Waals surface area contributed by atoms with E-state index in [4.69, 9.17) is 0 Å². The van der Waals surface area contributed by atoms with Crippen molar-refractivity contribution in [2.24, 2.45) is 5.92 Å². The molecule has 1 aromatic carbocycles. The molecule has 1 aliphatic heterocycles. The Hall–Kier alpha value is -2.68. The summed E-state index contributed by atoms with van der Waals surface area (Å²) in [5, 5.41) is 0. The van der Waals surface area contributed by atoms with Gasteiger partial charge in [0.15, 0.2) is 0 Å². The van der Waals surface area contributed by atoms with E-state index < -0.39 is 0 Å². The number of benzene rings is 1. The van der Waals surface area contributed by atoms with Crippen molar-refractivity contribution in [3.63, 3.8) is 0 Å². The Labute approximate surface area is 162 Å². The van der Waals surface area contributed by atoms with Gasteiger partial charge in [0.25, 0.3) is 0 Å². The van der Waals surface area contributed by atoms with Crippen molar-refractivity contribution in [3.05, 3.63) is 77.0 Å². The average Bonchev–Trinajstić information content (AvgIpc) is 2.65. The molecule has 0 spiro atoms. The number of hydrogen-bond donors (Lipinski definition) is 0. The van der Waals surface area contributed by atoms with Crippen molar-refractivity contribution in [3.8, 4) is 0 Å². The molecule has 0 radical (unpaired) electrons. The van der Waals surface area contributed by atoms with Crippen LogP contribution in [0, 0.1) is 5.92 Å². The molecule has 2 rings (SSSR count). The monoisotopic (exact) mass is 363 g/mol. The highest BCUT2D eigenvalue weighted by atomic mass is 16.2. The fourth-order valence-electron chi connectivity index (χ4n) is 3.06. The molecule has 3 nitrogen and oxygen atoms in total. The van der Waals surface area contributed by atoms with Crippen LogP contribution < -0.4 is 0 Å². The predicted octanol–water partition coefficient (Wildman–Crippen LogP) is 5.45. The van der Waals surface area contributed by atoms with Gasteiger partial charge in [-0.1, -0.05) is 68.5 Å². The van der Waals surface area contributed by atoms with Gasteiger partial charge in [0.2, 0.25) is 5.91 Å². The Morgan fingerprint density at radius 3 is 2.41 bits per heavy atom. The Morgan fingerprint density at radius 1 is 1.04 bits per heavy atom. The van der Waals surface area contributed by atoms with Gasteiger partial charge in [-0.05, 0) is 36.6 Å². The Morgan fingerprint density at radius 2 is 1.74 bits per heavy atom. The first-order valence-corrected chi connectivity index (χ1v) is 9.56.